The molecule has 0 amide bonds. The van der Waals surface area contributed by atoms with Crippen LogP contribution in [-0.4, -0.2) is 10.8 Å². The zero-order valence-electron chi connectivity index (χ0n) is 16.4. The van der Waals surface area contributed by atoms with Gasteiger partial charge in [-0.1, -0.05) is 19.4 Å². The number of rotatable bonds is 1. The Balaban J connectivity index is 1.47. The van der Waals surface area contributed by atoms with Crippen LogP contribution in [0.25, 0.3) is 0 Å². The molecule has 5 rings (SSSR count). The highest BCUT2D eigenvalue weighted by atomic mass is 16.3. The minimum absolute atomic E-state index is 0.278. The third kappa shape index (κ3) is 2.18. The van der Waals surface area contributed by atoms with E-state index in [1.165, 1.54) is 43.4 Å². The summed E-state index contributed by atoms with van der Waals surface area (Å²) in [7, 11) is 0. The van der Waals surface area contributed by atoms with Crippen molar-refractivity contribution in [2.24, 2.45) is 28.6 Å². The normalized spacial score (nSPS) is 44.9. The minimum Gasteiger partial charge on any atom is -0.449 e. The van der Waals surface area contributed by atoms with Crippen LogP contribution in [0.15, 0.2) is 22.3 Å². The maximum Gasteiger partial charge on any atom is 0.191 e. The van der Waals surface area contributed by atoms with Gasteiger partial charge in [0.05, 0.1) is 5.69 Å². The fourth-order valence-electron chi connectivity index (χ4n) is 7.59. The van der Waals surface area contributed by atoms with E-state index in [0.717, 1.165) is 42.9 Å². The number of allylic oxidation sites excluding steroid dienone is 1. The Labute approximate surface area is 156 Å². The lowest BCUT2D eigenvalue weighted by atomic mass is 9.47. The van der Waals surface area contributed by atoms with Crippen molar-refractivity contribution in [1.82, 2.24) is 4.98 Å². The van der Waals surface area contributed by atoms with E-state index < -0.39 is 0 Å². The van der Waals surface area contributed by atoms with Gasteiger partial charge < -0.3 is 4.42 Å². The number of hydrogen-bond acceptors (Lipinski definition) is 3. The van der Waals surface area contributed by atoms with Crippen LogP contribution in [-0.2, 0) is 4.79 Å². The first-order valence-corrected chi connectivity index (χ1v) is 10.6. The molecule has 140 valence electrons. The molecule has 4 aliphatic carbocycles. The Morgan fingerprint density at radius 1 is 1.08 bits per heavy atom. The van der Waals surface area contributed by atoms with Gasteiger partial charge in [-0.2, -0.15) is 0 Å². The van der Waals surface area contributed by atoms with Gasteiger partial charge in [-0.25, -0.2) is 4.98 Å². The number of aryl methyl sites for hydroxylation is 1. The highest BCUT2D eigenvalue weighted by Gasteiger charge is 2.59. The molecule has 3 saturated carbocycles. The van der Waals surface area contributed by atoms with Gasteiger partial charge in [-0.3, -0.25) is 4.79 Å². The highest BCUT2D eigenvalue weighted by molar-refractivity contribution is 5.91. The summed E-state index contributed by atoms with van der Waals surface area (Å²) in [5, 5.41) is 0. The van der Waals surface area contributed by atoms with Gasteiger partial charge in [0.2, 0.25) is 0 Å². The molecule has 6 atom stereocenters. The Morgan fingerprint density at radius 2 is 1.92 bits per heavy atom. The third-order valence-corrected chi connectivity index (χ3v) is 8.96. The largest absolute Gasteiger partial charge is 0.449 e. The van der Waals surface area contributed by atoms with Gasteiger partial charge >= 0.3 is 0 Å². The van der Waals surface area contributed by atoms with Crippen LogP contribution >= 0.6 is 0 Å². The molecule has 0 aliphatic heterocycles. The molecule has 1 heterocycles. The fraction of sp³-hybridized carbons (Fsp3) is 0.739. The lowest BCUT2D eigenvalue weighted by Gasteiger charge is -2.58. The number of nitrogens with zero attached hydrogens (tertiary/aromatic N) is 1. The first-order chi connectivity index (χ1) is 12.4. The molecular formula is C23H31NO2. The predicted octanol–water partition coefficient (Wildman–Crippen LogP) is 5.60. The molecule has 1 aromatic rings. The van der Waals surface area contributed by atoms with E-state index in [9.17, 15) is 4.79 Å². The molecule has 0 radical (unpaired) electrons. The number of carbonyl (C=O) groups is 1. The van der Waals surface area contributed by atoms with Gasteiger partial charge in [-0.15, -0.1) is 0 Å². The summed E-state index contributed by atoms with van der Waals surface area (Å²) in [6.07, 6.45) is 13.4. The van der Waals surface area contributed by atoms with Crippen molar-refractivity contribution in [2.75, 3.05) is 0 Å². The summed E-state index contributed by atoms with van der Waals surface area (Å²) in [5.41, 5.74) is 3.31. The van der Waals surface area contributed by atoms with Crippen molar-refractivity contribution in [3.8, 4) is 0 Å². The molecule has 0 unspecified atom stereocenters. The van der Waals surface area contributed by atoms with Crippen molar-refractivity contribution >= 4 is 5.78 Å². The number of oxazole rings is 1. The van der Waals surface area contributed by atoms with Crippen molar-refractivity contribution in [1.29, 1.82) is 0 Å². The summed E-state index contributed by atoms with van der Waals surface area (Å²) in [4.78, 5) is 16.7. The second-order valence-corrected chi connectivity index (χ2v) is 9.93. The number of ketones is 1. The number of aromatic nitrogens is 1. The van der Waals surface area contributed by atoms with Crippen LogP contribution in [0.1, 0.15) is 82.7 Å². The molecule has 0 N–H and O–H groups in total. The number of fused-ring (bicyclic) bond motifs is 5. The molecule has 26 heavy (non-hydrogen) atoms. The lowest BCUT2D eigenvalue weighted by Crippen LogP contribution is -2.50. The summed E-state index contributed by atoms with van der Waals surface area (Å²) >= 11 is 0. The van der Waals surface area contributed by atoms with E-state index >= 15 is 0 Å². The fourth-order valence-corrected chi connectivity index (χ4v) is 7.59. The van der Waals surface area contributed by atoms with E-state index in [4.69, 9.17) is 9.40 Å². The second-order valence-electron chi connectivity index (χ2n) is 9.93. The van der Waals surface area contributed by atoms with Crippen LogP contribution in [0.3, 0.4) is 0 Å². The minimum atomic E-state index is 0.278. The van der Waals surface area contributed by atoms with Crippen LogP contribution in [0.5, 0.6) is 0 Å². The molecule has 1 aromatic heterocycles. The first-order valence-electron chi connectivity index (χ1n) is 10.6. The van der Waals surface area contributed by atoms with Gasteiger partial charge in [0.15, 0.2) is 11.7 Å². The van der Waals surface area contributed by atoms with Gasteiger partial charge in [-0.05, 0) is 79.6 Å². The van der Waals surface area contributed by atoms with Crippen molar-refractivity contribution < 1.29 is 9.21 Å². The average molecular weight is 354 g/mol. The Morgan fingerprint density at radius 3 is 2.69 bits per heavy atom. The van der Waals surface area contributed by atoms with Crippen LogP contribution in [0, 0.1) is 35.5 Å². The van der Waals surface area contributed by atoms with Gasteiger partial charge in [0.1, 0.15) is 6.26 Å². The maximum absolute atomic E-state index is 12.0. The quantitative estimate of drug-likeness (QED) is 0.660. The van der Waals surface area contributed by atoms with E-state index in [0.29, 0.717) is 17.1 Å². The van der Waals surface area contributed by atoms with Gasteiger partial charge in [0.25, 0.3) is 0 Å². The molecule has 0 aromatic carbocycles. The second kappa shape index (κ2) is 5.56. The van der Waals surface area contributed by atoms with Crippen molar-refractivity contribution in [3.05, 3.63) is 29.5 Å². The standard InChI is InChI=1S/C23H31NO2/c1-14-24-21(13-26-14)20-7-6-18-17-5-4-15-12-16(25)8-10-22(15,2)19(17)9-11-23(18,20)3/h12-13,17-20H,4-11H2,1-3H3/t17-,18-,19-,20+,22-,23-/m0/s1. The van der Waals surface area contributed by atoms with E-state index in [1.807, 2.05) is 19.3 Å². The average Bonchev–Trinajstić information content (AvgIpc) is 3.18. The maximum atomic E-state index is 12.0. The van der Waals surface area contributed by atoms with Crippen LogP contribution < -0.4 is 0 Å². The smallest absolute Gasteiger partial charge is 0.191 e. The molecule has 0 spiro atoms. The summed E-state index contributed by atoms with van der Waals surface area (Å²) in [6.45, 7) is 6.96. The van der Waals surface area contributed by atoms with Crippen LogP contribution in [0.4, 0.5) is 0 Å². The topological polar surface area (TPSA) is 43.1 Å². The highest BCUT2D eigenvalue weighted by Crippen LogP contribution is 2.68. The Hall–Kier alpha value is -1.38. The van der Waals surface area contributed by atoms with Crippen LogP contribution in [0.2, 0.25) is 0 Å². The molecule has 3 heteroatoms. The van der Waals surface area contributed by atoms with E-state index in [1.54, 1.807) is 0 Å². The molecular weight excluding hydrogens is 322 g/mol. The van der Waals surface area contributed by atoms with Crippen molar-refractivity contribution in [2.45, 2.75) is 78.1 Å². The monoisotopic (exact) mass is 353 g/mol. The zero-order valence-corrected chi connectivity index (χ0v) is 16.4. The SMILES string of the molecule is Cc1nc([C@H]2CC[C@H]3[C@@H]4CCC5=CC(=O)CC[C@]5(C)[C@H]4CC[C@]23C)co1. The van der Waals surface area contributed by atoms with E-state index in [-0.39, 0.29) is 5.41 Å². The third-order valence-electron chi connectivity index (χ3n) is 8.96. The molecule has 0 saturated heterocycles. The zero-order chi connectivity index (χ0) is 18.1. The molecule has 4 aliphatic rings. The van der Waals surface area contributed by atoms with Crippen molar-refractivity contribution in [3.63, 3.8) is 0 Å². The Bertz CT molecular complexity index is 777. The summed E-state index contributed by atoms with van der Waals surface area (Å²) < 4.78 is 5.55. The molecule has 3 nitrogen and oxygen atoms in total. The molecule has 3 fully saturated rings. The number of carbonyl (C=O) groups excluding carboxylic acids is 1. The Kier molecular flexibility index (Phi) is 3.59. The first kappa shape index (κ1) is 16.8. The van der Waals surface area contributed by atoms with E-state index in [2.05, 4.69) is 13.8 Å². The lowest BCUT2D eigenvalue weighted by molar-refractivity contribution is -0.117. The predicted molar refractivity (Wildman–Crippen MR) is 101 cm³/mol. The number of hydrogen-bond donors (Lipinski definition) is 0. The molecule has 0 bridgehead atoms. The van der Waals surface area contributed by atoms with Gasteiger partial charge in [0, 0.05) is 19.3 Å². The summed E-state index contributed by atoms with van der Waals surface area (Å²) in [6, 6.07) is 0. The summed E-state index contributed by atoms with van der Waals surface area (Å²) in [5.74, 6) is 4.11.